The molecule has 3 fully saturated rings. The lowest BCUT2D eigenvalue weighted by molar-refractivity contribution is -0.273. The number of halogens is 3. The number of nitrogens with zero attached hydrogens (tertiary/aromatic N) is 3. The molecule has 1 amide bonds. The van der Waals surface area contributed by atoms with Crippen LogP contribution in [0.2, 0.25) is 0 Å². The van der Waals surface area contributed by atoms with Crippen LogP contribution in [-0.4, -0.2) is 60.4 Å². The van der Waals surface area contributed by atoms with Gasteiger partial charge in [0.25, 0.3) is 15.9 Å². The van der Waals surface area contributed by atoms with E-state index in [1.54, 1.807) is 24.3 Å². The van der Waals surface area contributed by atoms with Crippen LogP contribution >= 0.6 is 0 Å². The first-order valence-electron chi connectivity index (χ1n) is 15.1. The summed E-state index contributed by atoms with van der Waals surface area (Å²) in [7, 11) is -4.22. The summed E-state index contributed by atoms with van der Waals surface area (Å²) >= 11 is 0. The Morgan fingerprint density at radius 3 is 2.38 bits per heavy atom. The molecule has 2 aromatic carbocycles. The van der Waals surface area contributed by atoms with Gasteiger partial charge in [0.05, 0.1) is 16.6 Å². The normalized spacial score (nSPS) is 26.4. The van der Waals surface area contributed by atoms with Gasteiger partial charge in [-0.1, -0.05) is 23.9 Å². The monoisotopic (exact) mass is 642 g/mol. The summed E-state index contributed by atoms with van der Waals surface area (Å²) in [6.07, 6.45) is -2.38. The van der Waals surface area contributed by atoms with E-state index in [1.807, 2.05) is 6.07 Å². The lowest BCUT2D eigenvalue weighted by atomic mass is 9.61. The van der Waals surface area contributed by atoms with Crippen LogP contribution in [0.25, 0.3) is 5.70 Å². The Morgan fingerprint density at radius 2 is 1.78 bits per heavy atom. The van der Waals surface area contributed by atoms with Gasteiger partial charge in [-0.2, -0.15) is 13.2 Å². The average Bonchev–Trinajstić information content (AvgIpc) is 3.61. The number of rotatable bonds is 7. The molecule has 2 aliphatic carbocycles. The molecule has 0 radical (unpaired) electrons. The van der Waals surface area contributed by atoms with Crippen molar-refractivity contribution >= 4 is 33.1 Å². The summed E-state index contributed by atoms with van der Waals surface area (Å²) in [6.45, 7) is 5.86. The van der Waals surface area contributed by atoms with Gasteiger partial charge in [0, 0.05) is 35.8 Å². The third-order valence-corrected chi connectivity index (χ3v) is 11.8. The molecule has 1 spiro atoms. The first kappa shape index (κ1) is 29.8. The van der Waals surface area contributed by atoms with Crippen molar-refractivity contribution in [1.82, 2.24) is 10.1 Å². The Morgan fingerprint density at radius 1 is 1.04 bits per heavy atom. The number of alkyl halides is 3. The zero-order chi connectivity index (χ0) is 31.8. The van der Waals surface area contributed by atoms with E-state index in [0.717, 1.165) is 38.0 Å². The largest absolute Gasteiger partial charge is 0.417 e. The van der Waals surface area contributed by atoms with Gasteiger partial charge in [0.1, 0.15) is 6.26 Å². The Bertz CT molecular complexity index is 1760. The van der Waals surface area contributed by atoms with Crippen molar-refractivity contribution in [2.45, 2.75) is 73.1 Å². The van der Waals surface area contributed by atoms with Crippen molar-refractivity contribution in [2.75, 3.05) is 22.7 Å². The van der Waals surface area contributed by atoms with Crippen molar-refractivity contribution in [2.24, 2.45) is 5.92 Å². The highest BCUT2D eigenvalue weighted by atomic mass is 32.2. The van der Waals surface area contributed by atoms with Crippen LogP contribution in [0.5, 0.6) is 0 Å². The van der Waals surface area contributed by atoms with Crippen molar-refractivity contribution < 1.29 is 36.0 Å². The van der Waals surface area contributed by atoms with Crippen molar-refractivity contribution in [3.05, 3.63) is 78.1 Å². The lowest BCUT2D eigenvalue weighted by Gasteiger charge is -2.47. The smallest absolute Gasteiger partial charge is 0.380 e. The fourth-order valence-corrected chi connectivity index (χ4v) is 9.12. The molecule has 238 valence electrons. The Hall–Kier alpha value is -3.84. The number of carbonyl (C=O) groups excluding carboxylic acids is 1. The summed E-state index contributed by atoms with van der Waals surface area (Å²) in [5.41, 5.74) is -1.45. The number of sulfonamides is 1. The van der Waals surface area contributed by atoms with Crippen LogP contribution in [0, 0.1) is 5.92 Å². The molecular weight excluding hydrogens is 609 g/mol. The number of carbonyl (C=O) groups is 1. The van der Waals surface area contributed by atoms with Gasteiger partial charge in [0.2, 0.25) is 0 Å². The molecule has 1 aromatic heterocycles. The van der Waals surface area contributed by atoms with Gasteiger partial charge < -0.3 is 19.8 Å². The van der Waals surface area contributed by atoms with Crippen LogP contribution in [0.1, 0.15) is 66.4 Å². The summed E-state index contributed by atoms with van der Waals surface area (Å²) in [6, 6.07) is 12.1. The lowest BCUT2D eigenvalue weighted by Crippen LogP contribution is -2.56. The van der Waals surface area contributed by atoms with Gasteiger partial charge >= 0.3 is 6.18 Å². The predicted octanol–water partition coefficient (Wildman–Crippen LogP) is 5.70. The number of hydrogen-bond acceptors (Lipinski definition) is 7. The highest BCUT2D eigenvalue weighted by Gasteiger charge is 2.65. The molecule has 1 saturated heterocycles. The third-order valence-electron chi connectivity index (χ3n) is 10.1. The molecule has 3 aromatic rings. The molecule has 1 atom stereocenters. The van der Waals surface area contributed by atoms with Gasteiger partial charge in [-0.05, 0) is 92.3 Å². The topological polar surface area (TPSA) is 116 Å². The quantitative estimate of drug-likeness (QED) is 0.340. The molecular formula is C32H33F3N4O5S. The summed E-state index contributed by atoms with van der Waals surface area (Å²) in [5, 5.41) is 17.0. The number of anilines is 2. The van der Waals surface area contributed by atoms with Crippen LogP contribution in [0.3, 0.4) is 0 Å². The highest BCUT2D eigenvalue weighted by Crippen LogP contribution is 2.62. The number of aromatic nitrogens is 1. The molecule has 2 aliphatic heterocycles. The average molecular weight is 643 g/mol. The second-order valence-corrected chi connectivity index (χ2v) is 14.5. The van der Waals surface area contributed by atoms with Crippen molar-refractivity contribution in [3.8, 4) is 0 Å². The fraction of sp³-hybridized carbons (Fsp3) is 0.438. The minimum absolute atomic E-state index is 0.0609. The standard InChI is InChI=1S/C32H33F3N4O5S/c1-20(38-15-3-16-38)22-4-2-5-24(18-22)45(42,43)39-26-9-8-23(29(40)36-27-10-17-44-37-27)19-25(26)30(28(39)21-6-7-21)11-13-31(41,14-12-30)32(33,34)35/h2,4-5,8-10,17-19,21,28,41H,1,3,6-7,11-16H2,(H,36,37,40). The zero-order valence-electron chi connectivity index (χ0n) is 24.4. The number of nitrogens with one attached hydrogen (secondary N) is 1. The van der Waals surface area contributed by atoms with Crippen LogP contribution in [0.4, 0.5) is 24.7 Å². The van der Waals surface area contributed by atoms with Crippen molar-refractivity contribution in [3.63, 3.8) is 0 Å². The second kappa shape index (κ2) is 10.3. The van der Waals surface area contributed by atoms with E-state index in [1.165, 1.54) is 28.8 Å². The second-order valence-electron chi connectivity index (χ2n) is 12.7. The summed E-state index contributed by atoms with van der Waals surface area (Å²) in [4.78, 5) is 15.3. The first-order valence-corrected chi connectivity index (χ1v) is 16.5. The van der Waals surface area contributed by atoms with E-state index in [4.69, 9.17) is 4.52 Å². The number of fused-ring (bicyclic) bond motifs is 2. The number of likely N-dealkylation sites (tertiary alicyclic amines) is 1. The molecule has 7 rings (SSSR count). The number of hydrogen-bond donors (Lipinski definition) is 2. The Balaban J connectivity index is 1.33. The fourth-order valence-electron chi connectivity index (χ4n) is 7.28. The SMILES string of the molecule is C=C(c1cccc(S(=O)(=O)N2c3ccc(C(=O)Nc4ccon4)cc3C3(CCC(O)(C(F)(F)F)CC3)C2C2CC2)c1)N1CCC1. The van der Waals surface area contributed by atoms with E-state index in [-0.39, 0.29) is 35.0 Å². The zero-order valence-corrected chi connectivity index (χ0v) is 25.2. The van der Waals surface area contributed by atoms with Gasteiger partial charge in [0.15, 0.2) is 11.4 Å². The maximum Gasteiger partial charge on any atom is 0.417 e. The van der Waals surface area contributed by atoms with Gasteiger partial charge in [-0.25, -0.2) is 8.42 Å². The van der Waals surface area contributed by atoms with Crippen LogP contribution in [0.15, 0.2) is 70.8 Å². The number of benzene rings is 2. The van der Waals surface area contributed by atoms with Crippen molar-refractivity contribution in [1.29, 1.82) is 0 Å². The molecule has 2 N–H and O–H groups in total. The van der Waals surface area contributed by atoms with Crippen LogP contribution < -0.4 is 9.62 Å². The van der Waals surface area contributed by atoms with E-state index in [2.05, 4.69) is 22.0 Å². The van der Waals surface area contributed by atoms with Gasteiger partial charge in [-0.15, -0.1) is 0 Å². The minimum atomic E-state index is -4.82. The molecule has 3 heterocycles. The molecule has 45 heavy (non-hydrogen) atoms. The van der Waals surface area contributed by atoms with Gasteiger partial charge in [-0.3, -0.25) is 9.10 Å². The summed E-state index contributed by atoms with van der Waals surface area (Å²) in [5.74, 6) is -0.426. The number of amides is 1. The maximum atomic E-state index is 14.7. The third kappa shape index (κ3) is 4.82. The Kier molecular flexibility index (Phi) is 6.86. The predicted molar refractivity (Wildman–Crippen MR) is 160 cm³/mol. The van der Waals surface area contributed by atoms with E-state index in [0.29, 0.717) is 16.8 Å². The van der Waals surface area contributed by atoms with E-state index in [9.17, 15) is 31.5 Å². The van der Waals surface area contributed by atoms with Crippen LogP contribution in [-0.2, 0) is 15.4 Å². The molecule has 9 nitrogen and oxygen atoms in total. The number of aliphatic hydroxyl groups is 1. The Labute approximate surface area is 258 Å². The molecule has 1 unspecified atom stereocenters. The van der Waals surface area contributed by atoms with E-state index < -0.39 is 52.0 Å². The maximum absolute atomic E-state index is 14.7. The molecule has 0 bridgehead atoms. The minimum Gasteiger partial charge on any atom is -0.380 e. The molecule has 4 aliphatic rings. The molecule has 2 saturated carbocycles. The highest BCUT2D eigenvalue weighted by molar-refractivity contribution is 7.93. The van der Waals surface area contributed by atoms with E-state index >= 15 is 0 Å². The first-order chi connectivity index (χ1) is 21.3. The summed E-state index contributed by atoms with van der Waals surface area (Å²) < 4.78 is 77.4. The molecule has 13 heteroatoms.